The lowest BCUT2D eigenvalue weighted by atomic mass is 10.1. The summed E-state index contributed by atoms with van der Waals surface area (Å²) in [6.07, 6.45) is -0.495. The van der Waals surface area contributed by atoms with Crippen molar-refractivity contribution >= 4 is 22.9 Å². The van der Waals surface area contributed by atoms with Crippen LogP contribution in [0.3, 0.4) is 0 Å². The number of esters is 2. The Morgan fingerprint density at radius 1 is 1.38 bits per heavy atom. The standard InChI is InChI=1S/C15H14O6/c1-18-8-10-9-4-2-3-5-11(9)20-13(10)15(17)21-12-6-7-19-14(12)16/h2-5,12H,6-8H2,1H3/t12-/m0/s1. The summed E-state index contributed by atoms with van der Waals surface area (Å²) in [7, 11) is 1.53. The Labute approximate surface area is 120 Å². The zero-order chi connectivity index (χ0) is 14.8. The largest absolute Gasteiger partial charge is 0.463 e. The van der Waals surface area contributed by atoms with Crippen molar-refractivity contribution in [3.05, 3.63) is 35.6 Å². The normalized spacial score (nSPS) is 18.0. The third kappa shape index (κ3) is 2.50. The SMILES string of the molecule is COCc1c(C(=O)O[C@H]2CCOC2=O)oc2ccccc12. The number of furan rings is 1. The van der Waals surface area contributed by atoms with Crippen LogP contribution in [0, 0.1) is 0 Å². The second kappa shape index (κ2) is 5.57. The van der Waals surface area contributed by atoms with Crippen LogP contribution < -0.4 is 0 Å². The van der Waals surface area contributed by atoms with Crippen molar-refractivity contribution in [2.75, 3.05) is 13.7 Å². The molecule has 2 aromatic rings. The molecule has 0 N–H and O–H groups in total. The number of methoxy groups -OCH3 is 1. The van der Waals surface area contributed by atoms with E-state index in [4.69, 9.17) is 18.6 Å². The Morgan fingerprint density at radius 3 is 2.90 bits per heavy atom. The molecule has 0 radical (unpaired) electrons. The summed E-state index contributed by atoms with van der Waals surface area (Å²) in [5, 5.41) is 0.792. The van der Waals surface area contributed by atoms with E-state index in [1.165, 1.54) is 7.11 Å². The molecule has 3 rings (SSSR count). The Balaban J connectivity index is 1.93. The van der Waals surface area contributed by atoms with Crippen LogP contribution in [0.2, 0.25) is 0 Å². The molecule has 1 fully saturated rings. The van der Waals surface area contributed by atoms with Crippen LogP contribution in [0.1, 0.15) is 22.5 Å². The number of hydrogen-bond donors (Lipinski definition) is 0. The van der Waals surface area contributed by atoms with Gasteiger partial charge in [0.15, 0.2) is 0 Å². The fraction of sp³-hybridized carbons (Fsp3) is 0.333. The minimum Gasteiger partial charge on any atom is -0.463 e. The van der Waals surface area contributed by atoms with Crippen molar-refractivity contribution in [3.8, 4) is 0 Å². The first-order valence-electron chi connectivity index (χ1n) is 6.57. The lowest BCUT2D eigenvalue weighted by Gasteiger charge is -2.07. The number of carbonyl (C=O) groups excluding carboxylic acids is 2. The van der Waals surface area contributed by atoms with E-state index in [0.29, 0.717) is 17.6 Å². The summed E-state index contributed by atoms with van der Waals surface area (Å²) >= 11 is 0. The molecule has 6 nitrogen and oxygen atoms in total. The number of fused-ring (bicyclic) bond motifs is 1. The van der Waals surface area contributed by atoms with Gasteiger partial charge in [-0.05, 0) is 6.07 Å². The molecule has 1 atom stereocenters. The molecule has 0 bridgehead atoms. The minimum atomic E-state index is -0.860. The van der Waals surface area contributed by atoms with E-state index in [1.807, 2.05) is 18.2 Å². The van der Waals surface area contributed by atoms with Gasteiger partial charge in [-0.15, -0.1) is 0 Å². The van der Waals surface area contributed by atoms with Gasteiger partial charge in [-0.1, -0.05) is 18.2 Å². The van der Waals surface area contributed by atoms with Crippen LogP contribution in [0.25, 0.3) is 11.0 Å². The van der Waals surface area contributed by atoms with Gasteiger partial charge in [-0.3, -0.25) is 0 Å². The van der Waals surface area contributed by atoms with Gasteiger partial charge in [0.05, 0.1) is 13.2 Å². The monoisotopic (exact) mass is 290 g/mol. The average Bonchev–Trinajstić information content (AvgIpc) is 3.04. The van der Waals surface area contributed by atoms with Crippen molar-refractivity contribution < 1.29 is 28.2 Å². The van der Waals surface area contributed by atoms with E-state index in [0.717, 1.165) is 5.39 Å². The van der Waals surface area contributed by atoms with E-state index in [9.17, 15) is 9.59 Å². The summed E-state index contributed by atoms with van der Waals surface area (Å²) in [5.41, 5.74) is 1.19. The molecule has 1 aliphatic heterocycles. The van der Waals surface area contributed by atoms with Gasteiger partial charge < -0.3 is 18.6 Å². The highest BCUT2D eigenvalue weighted by atomic mass is 16.6. The van der Waals surface area contributed by atoms with Crippen LogP contribution in [0.4, 0.5) is 0 Å². The van der Waals surface area contributed by atoms with Crippen molar-refractivity contribution in [1.82, 2.24) is 0 Å². The average molecular weight is 290 g/mol. The molecule has 1 aromatic heterocycles. The molecule has 6 heteroatoms. The number of para-hydroxylation sites is 1. The number of ether oxygens (including phenoxy) is 3. The maximum absolute atomic E-state index is 12.2. The summed E-state index contributed by atoms with van der Waals surface area (Å²) in [6, 6.07) is 7.26. The first-order valence-corrected chi connectivity index (χ1v) is 6.57. The van der Waals surface area contributed by atoms with Crippen molar-refractivity contribution in [3.63, 3.8) is 0 Å². The summed E-state index contributed by atoms with van der Waals surface area (Å²) in [5.74, 6) is -1.13. The van der Waals surface area contributed by atoms with Gasteiger partial charge in [-0.25, -0.2) is 9.59 Å². The van der Waals surface area contributed by atoms with Gasteiger partial charge in [-0.2, -0.15) is 0 Å². The van der Waals surface area contributed by atoms with E-state index in [-0.39, 0.29) is 19.0 Å². The molecule has 110 valence electrons. The topological polar surface area (TPSA) is 75.0 Å². The maximum atomic E-state index is 12.2. The van der Waals surface area contributed by atoms with Gasteiger partial charge in [0, 0.05) is 24.5 Å². The number of carbonyl (C=O) groups is 2. The summed E-state index contributed by atoms with van der Waals surface area (Å²) in [6.45, 7) is 0.485. The lowest BCUT2D eigenvalue weighted by molar-refractivity contribution is -0.145. The molecule has 1 saturated heterocycles. The van der Waals surface area contributed by atoms with E-state index in [2.05, 4.69) is 0 Å². The summed E-state index contributed by atoms with van der Waals surface area (Å²) < 4.78 is 20.6. The molecule has 0 unspecified atom stereocenters. The lowest BCUT2D eigenvalue weighted by Crippen LogP contribution is -2.23. The van der Waals surface area contributed by atoms with Crippen LogP contribution in [0.5, 0.6) is 0 Å². The number of cyclic esters (lactones) is 1. The Morgan fingerprint density at radius 2 is 2.19 bits per heavy atom. The molecule has 21 heavy (non-hydrogen) atoms. The Kier molecular flexibility index (Phi) is 3.62. The predicted molar refractivity (Wildman–Crippen MR) is 71.7 cm³/mol. The van der Waals surface area contributed by atoms with Gasteiger partial charge in [0.2, 0.25) is 11.9 Å². The van der Waals surface area contributed by atoms with Crippen LogP contribution >= 0.6 is 0 Å². The molecule has 2 heterocycles. The number of benzene rings is 1. The fourth-order valence-corrected chi connectivity index (χ4v) is 2.32. The first-order chi connectivity index (χ1) is 10.2. The van der Waals surface area contributed by atoms with Crippen molar-refractivity contribution in [2.45, 2.75) is 19.1 Å². The van der Waals surface area contributed by atoms with Gasteiger partial charge >= 0.3 is 11.9 Å². The number of rotatable bonds is 4. The van der Waals surface area contributed by atoms with E-state index in [1.54, 1.807) is 6.07 Å². The van der Waals surface area contributed by atoms with Crippen molar-refractivity contribution in [2.24, 2.45) is 0 Å². The second-order valence-corrected chi connectivity index (χ2v) is 4.69. The van der Waals surface area contributed by atoms with Gasteiger partial charge in [0.1, 0.15) is 5.58 Å². The van der Waals surface area contributed by atoms with Crippen molar-refractivity contribution in [1.29, 1.82) is 0 Å². The molecule has 0 aliphatic carbocycles. The van der Waals surface area contributed by atoms with Crippen LogP contribution in [-0.2, 0) is 25.6 Å². The van der Waals surface area contributed by atoms with Gasteiger partial charge in [0.25, 0.3) is 0 Å². The highest BCUT2D eigenvalue weighted by Gasteiger charge is 2.32. The molecule has 1 aromatic carbocycles. The highest BCUT2D eigenvalue weighted by molar-refractivity contribution is 5.97. The quantitative estimate of drug-likeness (QED) is 0.802. The molecule has 0 spiro atoms. The minimum absolute atomic E-state index is 0.0674. The molecular formula is C15H14O6. The molecular weight excluding hydrogens is 276 g/mol. The third-order valence-electron chi connectivity index (χ3n) is 3.31. The van der Waals surface area contributed by atoms with E-state index >= 15 is 0 Å². The fourth-order valence-electron chi connectivity index (χ4n) is 2.32. The molecule has 0 saturated carbocycles. The molecule has 0 amide bonds. The smallest absolute Gasteiger partial charge is 0.375 e. The zero-order valence-corrected chi connectivity index (χ0v) is 11.5. The third-order valence-corrected chi connectivity index (χ3v) is 3.31. The Hall–Kier alpha value is -2.34. The first kappa shape index (κ1) is 13.6. The maximum Gasteiger partial charge on any atom is 0.375 e. The van der Waals surface area contributed by atoms with Crippen LogP contribution in [0.15, 0.2) is 28.7 Å². The summed E-state index contributed by atoms with van der Waals surface area (Å²) in [4.78, 5) is 23.6. The number of hydrogen-bond acceptors (Lipinski definition) is 6. The second-order valence-electron chi connectivity index (χ2n) is 4.69. The molecule has 1 aliphatic rings. The Bertz CT molecular complexity index is 687. The highest BCUT2D eigenvalue weighted by Crippen LogP contribution is 2.27. The van der Waals surface area contributed by atoms with E-state index < -0.39 is 18.0 Å². The predicted octanol–water partition coefficient (Wildman–Crippen LogP) is 2.05. The van der Waals surface area contributed by atoms with Crippen LogP contribution in [-0.4, -0.2) is 31.8 Å². The zero-order valence-electron chi connectivity index (χ0n) is 11.5.